The first-order valence-corrected chi connectivity index (χ1v) is 6.71. The molecule has 2 atom stereocenters. The fourth-order valence-corrected chi connectivity index (χ4v) is 2.71. The predicted octanol–water partition coefficient (Wildman–Crippen LogP) is 2.77. The molecule has 0 bridgehead atoms. The number of benzene rings is 1. The topological polar surface area (TPSA) is 29.3 Å². The van der Waals surface area contributed by atoms with Crippen LogP contribution < -0.4 is 5.73 Å². The normalized spacial score (nSPS) is 26.1. The number of hydrogen-bond donors (Lipinski definition) is 1. The second kappa shape index (κ2) is 5.65. The Labute approximate surface area is 105 Å². The Hall–Kier alpha value is -0.860. The summed E-state index contributed by atoms with van der Waals surface area (Å²) in [5.41, 5.74) is 8.23. The molecular formula is C15H24N2. The Morgan fingerprint density at radius 1 is 1.18 bits per heavy atom. The third-order valence-electron chi connectivity index (χ3n) is 3.92. The van der Waals surface area contributed by atoms with Gasteiger partial charge in [0.1, 0.15) is 0 Å². The summed E-state index contributed by atoms with van der Waals surface area (Å²) in [7, 11) is 0. The monoisotopic (exact) mass is 232 g/mol. The molecule has 2 rings (SSSR count). The molecule has 1 aliphatic rings. The summed E-state index contributed by atoms with van der Waals surface area (Å²) >= 11 is 0. The molecule has 0 spiro atoms. The molecule has 17 heavy (non-hydrogen) atoms. The molecule has 2 nitrogen and oxygen atoms in total. The van der Waals surface area contributed by atoms with Crippen LogP contribution in [0, 0.1) is 5.92 Å². The van der Waals surface area contributed by atoms with Crippen molar-refractivity contribution in [1.29, 1.82) is 0 Å². The van der Waals surface area contributed by atoms with Crippen LogP contribution in [0.5, 0.6) is 0 Å². The maximum Gasteiger partial charge on any atom is 0.0236 e. The molecule has 0 aliphatic carbocycles. The van der Waals surface area contributed by atoms with Gasteiger partial charge in [0.2, 0.25) is 0 Å². The van der Waals surface area contributed by atoms with Crippen molar-refractivity contribution < 1.29 is 0 Å². The van der Waals surface area contributed by atoms with Gasteiger partial charge in [0, 0.05) is 19.1 Å². The molecule has 0 saturated carbocycles. The number of nitrogens with two attached hydrogens (primary N) is 1. The van der Waals surface area contributed by atoms with Crippen molar-refractivity contribution in [3.8, 4) is 0 Å². The smallest absolute Gasteiger partial charge is 0.0236 e. The largest absolute Gasteiger partial charge is 0.326 e. The van der Waals surface area contributed by atoms with E-state index in [0.717, 1.165) is 12.5 Å². The van der Waals surface area contributed by atoms with Crippen LogP contribution in [-0.2, 0) is 13.1 Å². The molecule has 1 aromatic rings. The van der Waals surface area contributed by atoms with Crippen LogP contribution in [0.3, 0.4) is 0 Å². The summed E-state index contributed by atoms with van der Waals surface area (Å²) in [5.74, 6) is 0.890. The second-order valence-electron chi connectivity index (χ2n) is 5.47. The number of nitrogens with zero attached hydrogens (tertiary/aromatic N) is 1. The van der Waals surface area contributed by atoms with Gasteiger partial charge in [0.25, 0.3) is 0 Å². The maximum absolute atomic E-state index is 5.61. The van der Waals surface area contributed by atoms with E-state index in [4.69, 9.17) is 5.73 Å². The first kappa shape index (κ1) is 12.6. The fraction of sp³-hybridized carbons (Fsp3) is 0.600. The van der Waals surface area contributed by atoms with Crippen molar-refractivity contribution in [2.75, 3.05) is 6.54 Å². The maximum atomic E-state index is 5.61. The van der Waals surface area contributed by atoms with Gasteiger partial charge in [-0.3, -0.25) is 4.90 Å². The highest BCUT2D eigenvalue weighted by molar-refractivity contribution is 5.22. The lowest BCUT2D eigenvalue weighted by atomic mass is 9.93. The summed E-state index contributed by atoms with van der Waals surface area (Å²) in [6.07, 6.45) is 2.67. The van der Waals surface area contributed by atoms with Crippen molar-refractivity contribution in [2.45, 2.75) is 45.8 Å². The minimum absolute atomic E-state index is 0.637. The van der Waals surface area contributed by atoms with Crippen LogP contribution >= 0.6 is 0 Å². The van der Waals surface area contributed by atoms with Gasteiger partial charge in [0.05, 0.1) is 0 Å². The Morgan fingerprint density at radius 2 is 1.82 bits per heavy atom. The van der Waals surface area contributed by atoms with Crippen LogP contribution in [-0.4, -0.2) is 17.5 Å². The number of piperidine rings is 1. The van der Waals surface area contributed by atoms with Gasteiger partial charge < -0.3 is 5.73 Å². The standard InChI is InChI=1S/C15H24N2/c1-12-7-8-17(13(2)9-12)11-15-5-3-14(10-16)4-6-15/h3-6,12-13H,7-11,16H2,1-2H3. The van der Waals surface area contributed by atoms with Crippen molar-refractivity contribution in [3.63, 3.8) is 0 Å². The highest BCUT2D eigenvalue weighted by Gasteiger charge is 2.22. The molecule has 0 amide bonds. The molecule has 94 valence electrons. The molecule has 1 heterocycles. The SMILES string of the molecule is CC1CCN(Cc2ccc(CN)cc2)C(C)C1. The van der Waals surface area contributed by atoms with Gasteiger partial charge in [-0.2, -0.15) is 0 Å². The van der Waals surface area contributed by atoms with E-state index in [1.807, 2.05) is 0 Å². The lowest BCUT2D eigenvalue weighted by Gasteiger charge is -2.36. The number of likely N-dealkylation sites (tertiary alicyclic amines) is 1. The second-order valence-corrected chi connectivity index (χ2v) is 5.47. The van der Waals surface area contributed by atoms with Crippen molar-refractivity contribution in [1.82, 2.24) is 4.90 Å². The molecule has 1 aliphatic heterocycles. The fourth-order valence-electron chi connectivity index (χ4n) is 2.71. The van der Waals surface area contributed by atoms with Gasteiger partial charge >= 0.3 is 0 Å². The van der Waals surface area contributed by atoms with Crippen molar-refractivity contribution in [3.05, 3.63) is 35.4 Å². The van der Waals surface area contributed by atoms with Crippen LogP contribution in [0.25, 0.3) is 0 Å². The summed E-state index contributed by atoms with van der Waals surface area (Å²) in [6.45, 7) is 7.67. The molecule has 2 N–H and O–H groups in total. The van der Waals surface area contributed by atoms with Gasteiger partial charge in [-0.1, -0.05) is 31.2 Å². The van der Waals surface area contributed by atoms with E-state index in [2.05, 4.69) is 43.0 Å². The van der Waals surface area contributed by atoms with E-state index < -0.39 is 0 Å². The van der Waals surface area contributed by atoms with Gasteiger partial charge in [0.15, 0.2) is 0 Å². The zero-order chi connectivity index (χ0) is 12.3. The third-order valence-corrected chi connectivity index (χ3v) is 3.92. The molecule has 0 radical (unpaired) electrons. The average Bonchev–Trinajstić information content (AvgIpc) is 2.34. The van der Waals surface area contributed by atoms with Crippen molar-refractivity contribution in [2.24, 2.45) is 11.7 Å². The van der Waals surface area contributed by atoms with Crippen LogP contribution in [0.2, 0.25) is 0 Å². The summed E-state index contributed by atoms with van der Waals surface area (Å²) < 4.78 is 0. The highest BCUT2D eigenvalue weighted by Crippen LogP contribution is 2.23. The molecular weight excluding hydrogens is 208 g/mol. The lowest BCUT2D eigenvalue weighted by molar-refractivity contribution is 0.122. The highest BCUT2D eigenvalue weighted by atomic mass is 15.2. The molecule has 2 heteroatoms. The Kier molecular flexibility index (Phi) is 4.19. The lowest BCUT2D eigenvalue weighted by Crippen LogP contribution is -2.39. The minimum Gasteiger partial charge on any atom is -0.326 e. The zero-order valence-corrected chi connectivity index (χ0v) is 11.0. The Morgan fingerprint density at radius 3 is 2.41 bits per heavy atom. The molecule has 1 aromatic carbocycles. The summed E-state index contributed by atoms with van der Waals surface area (Å²) in [6, 6.07) is 9.44. The third kappa shape index (κ3) is 3.30. The average molecular weight is 232 g/mol. The summed E-state index contributed by atoms with van der Waals surface area (Å²) in [5, 5.41) is 0. The molecule has 1 saturated heterocycles. The van der Waals surface area contributed by atoms with Gasteiger partial charge in [-0.25, -0.2) is 0 Å². The van der Waals surface area contributed by atoms with Crippen molar-refractivity contribution >= 4 is 0 Å². The minimum atomic E-state index is 0.637. The Bertz CT molecular complexity index is 344. The van der Waals surface area contributed by atoms with Crippen LogP contribution in [0.1, 0.15) is 37.8 Å². The molecule has 1 fully saturated rings. The predicted molar refractivity (Wildman–Crippen MR) is 72.6 cm³/mol. The number of hydrogen-bond acceptors (Lipinski definition) is 2. The quantitative estimate of drug-likeness (QED) is 0.868. The van der Waals surface area contributed by atoms with E-state index in [1.54, 1.807) is 0 Å². The van der Waals surface area contributed by atoms with Gasteiger partial charge in [-0.05, 0) is 43.4 Å². The summed E-state index contributed by atoms with van der Waals surface area (Å²) in [4.78, 5) is 2.59. The first-order chi connectivity index (χ1) is 8.19. The van der Waals surface area contributed by atoms with E-state index in [-0.39, 0.29) is 0 Å². The van der Waals surface area contributed by atoms with Gasteiger partial charge in [-0.15, -0.1) is 0 Å². The zero-order valence-electron chi connectivity index (χ0n) is 11.0. The van der Waals surface area contributed by atoms with Crippen LogP contribution in [0.15, 0.2) is 24.3 Å². The Balaban J connectivity index is 1.95. The number of rotatable bonds is 3. The molecule has 2 unspecified atom stereocenters. The van der Waals surface area contributed by atoms with E-state index in [1.165, 1.54) is 30.5 Å². The van der Waals surface area contributed by atoms with E-state index >= 15 is 0 Å². The van der Waals surface area contributed by atoms with E-state index in [0.29, 0.717) is 12.6 Å². The van der Waals surface area contributed by atoms with Crippen LogP contribution in [0.4, 0.5) is 0 Å². The van der Waals surface area contributed by atoms with E-state index in [9.17, 15) is 0 Å². The molecule has 0 aromatic heterocycles. The first-order valence-electron chi connectivity index (χ1n) is 6.71.